The molecule has 0 spiro atoms. The molecule has 2 N–H and O–H groups in total. The molecule has 3 atom stereocenters. The van der Waals surface area contributed by atoms with Gasteiger partial charge in [0.25, 0.3) is 0 Å². The molecule has 0 aromatic carbocycles. The van der Waals surface area contributed by atoms with Gasteiger partial charge in [-0.05, 0) is 32.4 Å². The van der Waals surface area contributed by atoms with E-state index in [9.17, 15) is 0 Å². The van der Waals surface area contributed by atoms with Gasteiger partial charge in [-0.25, -0.2) is 0 Å². The molecule has 1 aromatic rings. The van der Waals surface area contributed by atoms with Crippen LogP contribution in [-0.4, -0.2) is 23.3 Å². The first-order valence-corrected chi connectivity index (χ1v) is 7.12. The van der Waals surface area contributed by atoms with Crippen LogP contribution in [0, 0.1) is 0 Å². The Hall–Kier alpha value is -1.13. The second-order valence-electron chi connectivity index (χ2n) is 5.40. The summed E-state index contributed by atoms with van der Waals surface area (Å²) in [5.41, 5.74) is 6.87. The van der Waals surface area contributed by atoms with Gasteiger partial charge >= 0.3 is 0 Å². The van der Waals surface area contributed by atoms with E-state index < -0.39 is 0 Å². The molecule has 1 fully saturated rings. The fourth-order valence-corrected chi connectivity index (χ4v) is 2.52. The monoisotopic (exact) mass is 264 g/mol. The van der Waals surface area contributed by atoms with Crippen LogP contribution in [0.1, 0.15) is 51.8 Å². The first kappa shape index (κ1) is 14.3. The maximum atomic E-state index is 5.98. The largest absolute Gasteiger partial charge is 0.489 e. The zero-order chi connectivity index (χ0) is 13.8. The van der Waals surface area contributed by atoms with Gasteiger partial charge in [0.15, 0.2) is 0 Å². The minimum Gasteiger partial charge on any atom is -0.489 e. The van der Waals surface area contributed by atoms with Crippen molar-refractivity contribution in [2.45, 2.75) is 64.4 Å². The number of nitrogens with zero attached hydrogens (tertiary/aromatic N) is 1. The van der Waals surface area contributed by atoms with Gasteiger partial charge in [0.1, 0.15) is 11.9 Å². The molecule has 0 radical (unpaired) electrons. The lowest BCUT2D eigenvalue weighted by atomic mass is 10.0. The maximum Gasteiger partial charge on any atom is 0.138 e. The molecule has 1 saturated heterocycles. The fourth-order valence-electron chi connectivity index (χ4n) is 2.52. The van der Waals surface area contributed by atoms with Crippen molar-refractivity contribution in [3.05, 3.63) is 24.0 Å². The standard InChI is InChI=1S/C15H24N2O2/c1-4-14(16)15-6-5-12(9-17-15)19-13-7-10(2)18-11(3)8-13/h5-6,9-11,13-14H,4,7-8,16H2,1-3H3/t10?,11?,13?,14-/m1/s1. The van der Waals surface area contributed by atoms with Crippen molar-refractivity contribution in [1.82, 2.24) is 4.98 Å². The average Bonchev–Trinajstić information content (AvgIpc) is 2.37. The van der Waals surface area contributed by atoms with Crippen LogP contribution in [0.25, 0.3) is 0 Å². The SMILES string of the molecule is CC[C@@H](N)c1ccc(OC2CC(C)OC(C)C2)cn1. The van der Waals surface area contributed by atoms with Crippen molar-refractivity contribution in [2.24, 2.45) is 5.73 Å². The summed E-state index contributed by atoms with van der Waals surface area (Å²) in [6, 6.07) is 3.93. The minimum atomic E-state index is 0.0113. The number of pyridine rings is 1. The minimum absolute atomic E-state index is 0.0113. The smallest absolute Gasteiger partial charge is 0.138 e. The average molecular weight is 264 g/mol. The lowest BCUT2D eigenvalue weighted by molar-refractivity contribution is -0.0722. The Morgan fingerprint density at radius 3 is 2.58 bits per heavy atom. The lowest BCUT2D eigenvalue weighted by Crippen LogP contribution is -2.35. The van der Waals surface area contributed by atoms with Crippen molar-refractivity contribution in [3.63, 3.8) is 0 Å². The van der Waals surface area contributed by atoms with Crippen LogP contribution in [0.5, 0.6) is 5.75 Å². The highest BCUT2D eigenvalue weighted by Crippen LogP contribution is 2.24. The summed E-state index contributed by atoms with van der Waals surface area (Å²) in [5.74, 6) is 0.818. The van der Waals surface area contributed by atoms with Gasteiger partial charge < -0.3 is 15.2 Å². The topological polar surface area (TPSA) is 57.4 Å². The lowest BCUT2D eigenvalue weighted by Gasteiger charge is -2.32. The summed E-state index contributed by atoms with van der Waals surface area (Å²) >= 11 is 0. The normalized spacial score (nSPS) is 28.9. The molecule has 1 aliphatic heterocycles. The van der Waals surface area contributed by atoms with Crippen molar-refractivity contribution >= 4 is 0 Å². The number of ether oxygens (including phenoxy) is 2. The van der Waals surface area contributed by atoms with Crippen LogP contribution in [0.3, 0.4) is 0 Å². The molecule has 0 amide bonds. The van der Waals surface area contributed by atoms with E-state index in [2.05, 4.69) is 25.8 Å². The summed E-state index contributed by atoms with van der Waals surface area (Å²) in [6.45, 7) is 6.24. The molecule has 106 valence electrons. The third-order valence-electron chi connectivity index (χ3n) is 3.54. The Morgan fingerprint density at radius 2 is 2.05 bits per heavy atom. The highest BCUT2D eigenvalue weighted by Gasteiger charge is 2.25. The van der Waals surface area contributed by atoms with E-state index in [-0.39, 0.29) is 24.4 Å². The molecule has 2 rings (SSSR count). The maximum absolute atomic E-state index is 5.98. The molecule has 4 heteroatoms. The van der Waals surface area contributed by atoms with E-state index in [0.717, 1.165) is 30.7 Å². The molecule has 2 unspecified atom stereocenters. The Balaban J connectivity index is 1.95. The number of hydrogen-bond acceptors (Lipinski definition) is 4. The van der Waals surface area contributed by atoms with Crippen LogP contribution >= 0.6 is 0 Å². The van der Waals surface area contributed by atoms with Gasteiger partial charge in [-0.2, -0.15) is 0 Å². The highest BCUT2D eigenvalue weighted by atomic mass is 16.5. The van der Waals surface area contributed by atoms with Crippen LogP contribution in [0.4, 0.5) is 0 Å². The summed E-state index contributed by atoms with van der Waals surface area (Å²) in [7, 11) is 0. The Morgan fingerprint density at radius 1 is 1.37 bits per heavy atom. The van der Waals surface area contributed by atoms with Gasteiger partial charge in [0.05, 0.1) is 24.1 Å². The van der Waals surface area contributed by atoms with Crippen molar-refractivity contribution < 1.29 is 9.47 Å². The van der Waals surface area contributed by atoms with E-state index in [1.165, 1.54) is 0 Å². The van der Waals surface area contributed by atoms with E-state index >= 15 is 0 Å². The first-order valence-electron chi connectivity index (χ1n) is 7.12. The molecule has 1 aliphatic rings. The van der Waals surface area contributed by atoms with Gasteiger partial charge in [-0.3, -0.25) is 4.98 Å². The third kappa shape index (κ3) is 3.91. The number of rotatable bonds is 4. The second kappa shape index (κ2) is 6.35. The molecule has 1 aromatic heterocycles. The van der Waals surface area contributed by atoms with E-state index in [1.807, 2.05) is 12.1 Å². The molecule has 19 heavy (non-hydrogen) atoms. The van der Waals surface area contributed by atoms with Crippen LogP contribution in [-0.2, 0) is 4.74 Å². The summed E-state index contributed by atoms with van der Waals surface area (Å²) in [4.78, 5) is 4.37. The van der Waals surface area contributed by atoms with E-state index in [1.54, 1.807) is 6.20 Å². The Labute approximate surface area is 115 Å². The fraction of sp³-hybridized carbons (Fsp3) is 0.667. The van der Waals surface area contributed by atoms with Crippen LogP contribution in [0.15, 0.2) is 18.3 Å². The van der Waals surface area contributed by atoms with E-state index in [4.69, 9.17) is 15.2 Å². The number of nitrogens with two attached hydrogens (primary N) is 1. The third-order valence-corrected chi connectivity index (χ3v) is 3.54. The number of hydrogen-bond donors (Lipinski definition) is 1. The van der Waals surface area contributed by atoms with Gasteiger partial charge in [-0.1, -0.05) is 6.92 Å². The van der Waals surface area contributed by atoms with E-state index in [0.29, 0.717) is 0 Å². The molecule has 0 aliphatic carbocycles. The highest BCUT2D eigenvalue weighted by molar-refractivity contribution is 5.21. The second-order valence-corrected chi connectivity index (χ2v) is 5.40. The molecule has 2 heterocycles. The first-order chi connectivity index (χ1) is 9.08. The predicted octanol–water partition coefficient (Wildman–Crippen LogP) is 2.83. The van der Waals surface area contributed by atoms with Crippen molar-refractivity contribution in [3.8, 4) is 5.75 Å². The van der Waals surface area contributed by atoms with Crippen molar-refractivity contribution in [2.75, 3.05) is 0 Å². The zero-order valence-corrected chi connectivity index (χ0v) is 12.0. The summed E-state index contributed by atoms with van der Waals surface area (Å²) in [6.07, 6.45) is 5.26. The van der Waals surface area contributed by atoms with Gasteiger partial charge in [-0.15, -0.1) is 0 Å². The molecule has 0 bridgehead atoms. The molecule has 0 saturated carbocycles. The van der Waals surface area contributed by atoms with Gasteiger partial charge in [0, 0.05) is 18.9 Å². The molecular formula is C15H24N2O2. The number of aromatic nitrogens is 1. The van der Waals surface area contributed by atoms with Crippen LogP contribution in [0.2, 0.25) is 0 Å². The van der Waals surface area contributed by atoms with Crippen molar-refractivity contribution in [1.29, 1.82) is 0 Å². The molecule has 4 nitrogen and oxygen atoms in total. The Kier molecular flexibility index (Phi) is 4.77. The predicted molar refractivity (Wildman–Crippen MR) is 75.1 cm³/mol. The summed E-state index contributed by atoms with van der Waals surface area (Å²) < 4.78 is 11.7. The van der Waals surface area contributed by atoms with Gasteiger partial charge in [0.2, 0.25) is 0 Å². The quantitative estimate of drug-likeness (QED) is 0.908. The summed E-state index contributed by atoms with van der Waals surface area (Å²) in [5, 5.41) is 0. The zero-order valence-electron chi connectivity index (χ0n) is 12.0. The Bertz CT molecular complexity index is 384. The molecular weight excluding hydrogens is 240 g/mol. The van der Waals surface area contributed by atoms with Crippen LogP contribution < -0.4 is 10.5 Å².